The van der Waals surface area contributed by atoms with Crippen LogP contribution < -0.4 is 0 Å². The van der Waals surface area contributed by atoms with Gasteiger partial charge in [-0.05, 0) is 0 Å². The van der Waals surface area contributed by atoms with Gasteiger partial charge in [-0.2, -0.15) is 0 Å². The van der Waals surface area contributed by atoms with Gasteiger partial charge in [0, 0.05) is 5.88 Å². The minimum atomic E-state index is -4.20. The Kier molecular flexibility index (Phi) is 6.49. The van der Waals surface area contributed by atoms with E-state index in [-0.39, 0.29) is 18.4 Å². The van der Waals surface area contributed by atoms with Crippen molar-refractivity contribution in [3.8, 4) is 0 Å². The van der Waals surface area contributed by atoms with Crippen LogP contribution in [0.25, 0.3) is 0 Å². The SMILES string of the molecule is O=P(O)(OCCCl)OC(O)CCl. The number of phosphoric ester groups is 1. The third-order valence-electron chi connectivity index (χ3n) is 0.718. The summed E-state index contributed by atoms with van der Waals surface area (Å²) >= 11 is 10.3. The van der Waals surface area contributed by atoms with Crippen LogP contribution in [0.1, 0.15) is 0 Å². The lowest BCUT2D eigenvalue weighted by atomic mass is 10.8. The molecule has 0 aromatic heterocycles. The van der Waals surface area contributed by atoms with Gasteiger partial charge in [-0.25, -0.2) is 4.57 Å². The van der Waals surface area contributed by atoms with Crippen LogP contribution >= 0.6 is 31.0 Å². The first kappa shape index (κ1) is 12.7. The largest absolute Gasteiger partial charge is 0.474 e. The molecule has 2 N–H and O–H groups in total. The quantitative estimate of drug-likeness (QED) is 0.409. The van der Waals surface area contributed by atoms with E-state index in [1.807, 2.05) is 0 Å². The van der Waals surface area contributed by atoms with E-state index in [9.17, 15) is 4.57 Å². The number of halogens is 2. The molecule has 2 atom stereocenters. The Morgan fingerprint density at radius 2 is 2.08 bits per heavy atom. The lowest BCUT2D eigenvalue weighted by Crippen LogP contribution is -2.13. The number of alkyl halides is 2. The van der Waals surface area contributed by atoms with Crippen molar-refractivity contribution in [2.75, 3.05) is 18.4 Å². The van der Waals surface area contributed by atoms with E-state index < -0.39 is 14.1 Å². The molecule has 0 radical (unpaired) electrons. The summed E-state index contributed by atoms with van der Waals surface area (Å²) < 4.78 is 19.2. The number of aliphatic hydroxyl groups is 1. The number of phosphoric acid groups is 1. The lowest BCUT2D eigenvalue weighted by molar-refractivity contribution is -0.0242. The van der Waals surface area contributed by atoms with Crippen LogP contribution in [-0.2, 0) is 13.6 Å². The van der Waals surface area contributed by atoms with Gasteiger partial charge in [0.15, 0.2) is 6.29 Å². The second kappa shape index (κ2) is 6.16. The molecule has 0 aromatic rings. The smallest absolute Gasteiger partial charge is 0.366 e. The Balaban J connectivity index is 3.78. The summed E-state index contributed by atoms with van der Waals surface area (Å²) in [5.41, 5.74) is 0. The molecule has 0 aromatic carbocycles. The van der Waals surface area contributed by atoms with E-state index in [0.717, 1.165) is 0 Å². The van der Waals surface area contributed by atoms with E-state index >= 15 is 0 Å². The predicted octanol–water partition coefficient (Wildman–Crippen LogP) is 0.916. The topological polar surface area (TPSA) is 76.0 Å². The normalized spacial score (nSPS) is 18.7. The monoisotopic (exact) mass is 238 g/mol. The van der Waals surface area contributed by atoms with Crippen molar-refractivity contribution in [3.63, 3.8) is 0 Å². The Morgan fingerprint density at radius 1 is 1.50 bits per heavy atom. The van der Waals surface area contributed by atoms with E-state index in [2.05, 4.69) is 9.05 Å². The standard InChI is InChI=1S/C4H9Cl2O5P/c5-1-2-10-12(8,9)11-4(7)3-6/h4,7H,1-3H2,(H,8,9). The minimum Gasteiger partial charge on any atom is -0.366 e. The van der Waals surface area contributed by atoms with Crippen molar-refractivity contribution in [1.29, 1.82) is 0 Å². The van der Waals surface area contributed by atoms with Crippen molar-refractivity contribution in [2.24, 2.45) is 0 Å². The molecule has 0 rings (SSSR count). The average molecular weight is 239 g/mol. The Bertz CT molecular complexity index is 166. The number of rotatable bonds is 6. The Labute approximate surface area is 79.8 Å². The zero-order valence-electron chi connectivity index (χ0n) is 6.02. The van der Waals surface area contributed by atoms with Crippen molar-refractivity contribution >= 4 is 31.0 Å². The zero-order valence-corrected chi connectivity index (χ0v) is 8.43. The summed E-state index contributed by atoms with van der Waals surface area (Å²) in [5.74, 6) is -0.250. The van der Waals surface area contributed by atoms with Crippen LogP contribution in [-0.4, -0.2) is 34.7 Å². The number of hydrogen-bond acceptors (Lipinski definition) is 4. The fraction of sp³-hybridized carbons (Fsp3) is 1.00. The molecule has 0 saturated carbocycles. The van der Waals surface area contributed by atoms with Crippen LogP contribution in [0.3, 0.4) is 0 Å². The van der Waals surface area contributed by atoms with Crippen LogP contribution in [0.2, 0.25) is 0 Å². The van der Waals surface area contributed by atoms with Gasteiger partial charge < -0.3 is 10.00 Å². The molecule has 0 bridgehead atoms. The van der Waals surface area contributed by atoms with E-state index in [4.69, 9.17) is 33.2 Å². The first-order chi connectivity index (χ1) is 5.52. The second-order valence-electron chi connectivity index (χ2n) is 1.71. The van der Waals surface area contributed by atoms with Crippen LogP contribution in [0.15, 0.2) is 0 Å². The number of hydrogen-bond donors (Lipinski definition) is 2. The molecule has 8 heteroatoms. The molecule has 0 saturated heterocycles. The molecule has 0 fully saturated rings. The molecule has 0 amide bonds. The third kappa shape index (κ3) is 6.20. The van der Waals surface area contributed by atoms with Crippen LogP contribution in [0.5, 0.6) is 0 Å². The van der Waals surface area contributed by atoms with Gasteiger partial charge in [-0.1, -0.05) is 0 Å². The first-order valence-electron chi connectivity index (χ1n) is 2.97. The highest BCUT2D eigenvalue weighted by atomic mass is 35.5. The molecule has 0 heterocycles. The molecular formula is C4H9Cl2O5P. The van der Waals surface area contributed by atoms with Gasteiger partial charge in [0.05, 0.1) is 12.5 Å². The molecule has 0 spiro atoms. The fourth-order valence-corrected chi connectivity index (χ4v) is 1.46. The maximum absolute atomic E-state index is 10.8. The van der Waals surface area contributed by atoms with Gasteiger partial charge in [0.25, 0.3) is 0 Å². The van der Waals surface area contributed by atoms with Crippen molar-refractivity contribution in [3.05, 3.63) is 0 Å². The van der Waals surface area contributed by atoms with Gasteiger partial charge in [0.2, 0.25) is 0 Å². The Morgan fingerprint density at radius 3 is 2.50 bits per heavy atom. The molecule has 0 aliphatic heterocycles. The first-order valence-corrected chi connectivity index (χ1v) is 5.54. The van der Waals surface area contributed by atoms with E-state index in [1.165, 1.54) is 0 Å². The zero-order chi connectivity index (χ0) is 9.61. The fourth-order valence-electron chi connectivity index (χ4n) is 0.362. The summed E-state index contributed by atoms with van der Waals surface area (Å²) in [6.07, 6.45) is -1.52. The summed E-state index contributed by atoms with van der Waals surface area (Å²) in [4.78, 5) is 8.78. The lowest BCUT2D eigenvalue weighted by Gasteiger charge is -2.13. The molecule has 74 valence electrons. The van der Waals surface area contributed by atoms with E-state index in [0.29, 0.717) is 0 Å². The van der Waals surface area contributed by atoms with Gasteiger partial charge in [-0.3, -0.25) is 9.05 Å². The van der Waals surface area contributed by atoms with Gasteiger partial charge >= 0.3 is 7.82 Å². The summed E-state index contributed by atoms with van der Waals surface area (Å²) in [6, 6.07) is 0. The summed E-state index contributed by atoms with van der Waals surface area (Å²) in [6.45, 7) is -0.135. The average Bonchev–Trinajstić information content (AvgIpc) is 2.00. The summed E-state index contributed by atoms with van der Waals surface area (Å²) in [5, 5.41) is 8.69. The van der Waals surface area contributed by atoms with Crippen molar-refractivity contribution < 1.29 is 23.6 Å². The highest BCUT2D eigenvalue weighted by Crippen LogP contribution is 2.44. The third-order valence-corrected chi connectivity index (χ3v) is 2.16. The van der Waals surface area contributed by atoms with Crippen molar-refractivity contribution in [1.82, 2.24) is 0 Å². The van der Waals surface area contributed by atoms with Crippen LogP contribution in [0, 0.1) is 0 Å². The molecule has 0 aliphatic carbocycles. The second-order valence-corrected chi connectivity index (χ2v) is 3.80. The highest BCUT2D eigenvalue weighted by Gasteiger charge is 2.24. The van der Waals surface area contributed by atoms with Gasteiger partial charge in [0.1, 0.15) is 0 Å². The van der Waals surface area contributed by atoms with Crippen molar-refractivity contribution in [2.45, 2.75) is 6.29 Å². The maximum atomic E-state index is 10.8. The van der Waals surface area contributed by atoms with Gasteiger partial charge in [-0.15, -0.1) is 23.2 Å². The molecule has 2 unspecified atom stereocenters. The number of aliphatic hydroxyl groups excluding tert-OH is 1. The molecule has 12 heavy (non-hydrogen) atoms. The predicted molar refractivity (Wildman–Crippen MR) is 44.3 cm³/mol. The van der Waals surface area contributed by atoms with E-state index in [1.54, 1.807) is 0 Å². The minimum absolute atomic E-state index is 0.0604. The Hall–Kier alpha value is 0.650. The molecule has 0 aliphatic rings. The van der Waals surface area contributed by atoms with Crippen LogP contribution in [0.4, 0.5) is 0 Å². The molecular weight excluding hydrogens is 230 g/mol. The maximum Gasteiger partial charge on any atom is 0.474 e. The summed E-state index contributed by atoms with van der Waals surface area (Å²) in [7, 11) is -4.20. The highest BCUT2D eigenvalue weighted by molar-refractivity contribution is 7.47. The molecule has 5 nitrogen and oxygen atoms in total.